The van der Waals surface area contributed by atoms with E-state index in [1.165, 1.54) is 0 Å². The van der Waals surface area contributed by atoms with Crippen molar-refractivity contribution in [2.75, 3.05) is 0 Å². The molecule has 6 heteroatoms. The van der Waals surface area contributed by atoms with Crippen LogP contribution in [0.2, 0.25) is 0 Å². The maximum Gasteiger partial charge on any atom is 0.233 e. The summed E-state index contributed by atoms with van der Waals surface area (Å²) < 4.78 is 6.21. The molecule has 0 spiro atoms. The molecule has 0 unspecified atom stereocenters. The largest absolute Gasteiger partial charge is 0.508 e. The Bertz CT molecular complexity index is 850. The highest BCUT2D eigenvalue weighted by molar-refractivity contribution is 6.05. The normalized spacial score (nSPS) is 39.3. The van der Waals surface area contributed by atoms with Gasteiger partial charge in [0.1, 0.15) is 5.75 Å². The molecule has 6 nitrogen and oxygen atoms in total. The Balaban J connectivity index is 1.49. The van der Waals surface area contributed by atoms with Gasteiger partial charge in [-0.1, -0.05) is 44.4 Å². The van der Waals surface area contributed by atoms with E-state index in [4.69, 9.17) is 4.74 Å². The average molecular weight is 414 g/mol. The summed E-state index contributed by atoms with van der Waals surface area (Å²) in [6, 6.07) is 7.00. The fraction of sp³-hybridized carbons (Fsp3) is 0.667. The van der Waals surface area contributed by atoms with Crippen LogP contribution in [0.3, 0.4) is 0 Å². The minimum absolute atomic E-state index is 0.00815. The van der Waals surface area contributed by atoms with Crippen molar-refractivity contribution < 1.29 is 24.5 Å². The van der Waals surface area contributed by atoms with Gasteiger partial charge >= 0.3 is 0 Å². The number of aromatic hydroxyl groups is 1. The number of aliphatic hydroxyl groups is 1. The molecular formula is C24H31NO5. The van der Waals surface area contributed by atoms with Gasteiger partial charge in [0.05, 0.1) is 17.9 Å². The summed E-state index contributed by atoms with van der Waals surface area (Å²) in [6.07, 6.45) is 6.16. The number of para-hydroxylation sites is 1. The first-order valence-electron chi connectivity index (χ1n) is 11.5. The van der Waals surface area contributed by atoms with Gasteiger partial charge in [-0.15, -0.1) is 0 Å². The summed E-state index contributed by atoms with van der Waals surface area (Å²) in [5, 5.41) is 22.0. The standard InChI is InChI=1S/C24H31NO5/c1-2-14-12-17-21(23(28)25(22(17)27)15-8-4-3-5-9-15)18-13-20(30-24(14,18)29)16-10-6-7-11-19(16)26/h6-7,10-11,14-15,17-18,20-21,26,29H,2-5,8-9,12-13H2,1H3/t14-,17-,18-,20-,21-,24+/m0/s1. The Morgan fingerprint density at radius 2 is 1.83 bits per heavy atom. The number of rotatable bonds is 3. The molecule has 2 saturated heterocycles. The van der Waals surface area contributed by atoms with Crippen molar-refractivity contribution in [1.29, 1.82) is 0 Å². The van der Waals surface area contributed by atoms with Crippen molar-refractivity contribution in [3.63, 3.8) is 0 Å². The lowest BCUT2D eigenvalue weighted by Gasteiger charge is -2.44. The highest BCUT2D eigenvalue weighted by atomic mass is 16.6. The molecule has 162 valence electrons. The summed E-state index contributed by atoms with van der Waals surface area (Å²) >= 11 is 0. The van der Waals surface area contributed by atoms with Crippen LogP contribution in [0, 0.1) is 23.7 Å². The monoisotopic (exact) mass is 413 g/mol. The Morgan fingerprint density at radius 3 is 2.53 bits per heavy atom. The van der Waals surface area contributed by atoms with Crippen molar-refractivity contribution in [2.45, 2.75) is 76.2 Å². The van der Waals surface area contributed by atoms with Crippen molar-refractivity contribution in [3.05, 3.63) is 29.8 Å². The van der Waals surface area contributed by atoms with E-state index in [9.17, 15) is 19.8 Å². The number of amides is 2. The van der Waals surface area contributed by atoms with Crippen LogP contribution in [0.1, 0.15) is 70.0 Å². The van der Waals surface area contributed by atoms with Gasteiger partial charge < -0.3 is 14.9 Å². The molecule has 4 aliphatic rings. The first-order chi connectivity index (χ1) is 14.5. The summed E-state index contributed by atoms with van der Waals surface area (Å²) in [4.78, 5) is 28.4. The first kappa shape index (κ1) is 20.0. The van der Waals surface area contributed by atoms with Gasteiger partial charge in [-0.3, -0.25) is 14.5 Å². The molecule has 4 fully saturated rings. The van der Waals surface area contributed by atoms with E-state index < -0.39 is 23.7 Å². The zero-order chi connectivity index (χ0) is 21.0. The topological polar surface area (TPSA) is 87.1 Å². The molecule has 1 aromatic carbocycles. The van der Waals surface area contributed by atoms with Crippen molar-refractivity contribution in [3.8, 4) is 5.75 Å². The lowest BCUT2D eigenvalue weighted by molar-refractivity contribution is -0.269. The third-order valence-electron chi connectivity index (χ3n) is 8.11. The second-order valence-corrected chi connectivity index (χ2v) is 9.57. The highest BCUT2D eigenvalue weighted by Gasteiger charge is 2.66. The van der Waals surface area contributed by atoms with Gasteiger partial charge in [0.25, 0.3) is 0 Å². The molecule has 6 atom stereocenters. The zero-order valence-electron chi connectivity index (χ0n) is 17.5. The number of hydrogen-bond donors (Lipinski definition) is 2. The fourth-order valence-corrected chi connectivity index (χ4v) is 6.62. The van der Waals surface area contributed by atoms with Crippen LogP contribution in [0.5, 0.6) is 5.75 Å². The Kier molecular flexibility index (Phi) is 4.90. The number of benzene rings is 1. The molecule has 0 aromatic heterocycles. The number of ether oxygens (including phenoxy) is 1. The predicted molar refractivity (Wildman–Crippen MR) is 109 cm³/mol. The molecule has 1 aromatic rings. The molecule has 2 aliphatic carbocycles. The maximum absolute atomic E-state index is 13.5. The van der Waals surface area contributed by atoms with Crippen LogP contribution in [0.25, 0.3) is 0 Å². The van der Waals surface area contributed by atoms with Crippen LogP contribution in [0.15, 0.2) is 24.3 Å². The highest BCUT2D eigenvalue weighted by Crippen LogP contribution is 2.59. The zero-order valence-corrected chi connectivity index (χ0v) is 17.5. The molecule has 2 heterocycles. The summed E-state index contributed by atoms with van der Waals surface area (Å²) in [5.74, 6) is -2.99. The smallest absolute Gasteiger partial charge is 0.233 e. The number of carbonyl (C=O) groups is 2. The van der Waals surface area contributed by atoms with Crippen molar-refractivity contribution in [1.82, 2.24) is 4.90 Å². The van der Waals surface area contributed by atoms with Crippen LogP contribution < -0.4 is 0 Å². The molecule has 2 amide bonds. The van der Waals surface area contributed by atoms with Crippen molar-refractivity contribution in [2.24, 2.45) is 23.7 Å². The number of phenols is 1. The van der Waals surface area contributed by atoms with Gasteiger partial charge in [0, 0.05) is 23.4 Å². The Morgan fingerprint density at radius 1 is 1.10 bits per heavy atom. The minimum Gasteiger partial charge on any atom is -0.508 e. The summed E-state index contributed by atoms with van der Waals surface area (Å²) in [5.41, 5.74) is 0.632. The number of nitrogens with zero attached hydrogens (tertiary/aromatic N) is 1. The number of phenolic OH excluding ortho intramolecular Hbond substituents is 1. The van der Waals surface area contributed by atoms with E-state index in [1.54, 1.807) is 23.1 Å². The molecular weight excluding hydrogens is 382 g/mol. The second-order valence-electron chi connectivity index (χ2n) is 9.57. The molecule has 5 rings (SSSR count). The third-order valence-corrected chi connectivity index (χ3v) is 8.11. The average Bonchev–Trinajstić information content (AvgIpc) is 3.22. The molecule has 30 heavy (non-hydrogen) atoms. The maximum atomic E-state index is 13.5. The van der Waals surface area contributed by atoms with Gasteiger partial charge in [-0.2, -0.15) is 0 Å². The van der Waals surface area contributed by atoms with E-state index in [2.05, 4.69) is 0 Å². The number of hydrogen-bond acceptors (Lipinski definition) is 5. The quantitative estimate of drug-likeness (QED) is 0.741. The summed E-state index contributed by atoms with van der Waals surface area (Å²) in [7, 11) is 0. The first-order valence-corrected chi connectivity index (χ1v) is 11.5. The van der Waals surface area contributed by atoms with Gasteiger partial charge in [0.15, 0.2) is 5.79 Å². The number of imide groups is 1. The number of fused-ring (bicyclic) bond motifs is 3. The van der Waals surface area contributed by atoms with Gasteiger partial charge in [-0.25, -0.2) is 0 Å². The second kappa shape index (κ2) is 7.34. The Labute approximate surface area is 177 Å². The van der Waals surface area contributed by atoms with Crippen LogP contribution >= 0.6 is 0 Å². The van der Waals surface area contributed by atoms with Crippen molar-refractivity contribution >= 4 is 11.8 Å². The van der Waals surface area contributed by atoms with E-state index in [-0.39, 0.29) is 35.4 Å². The Hall–Kier alpha value is -1.92. The van der Waals surface area contributed by atoms with E-state index >= 15 is 0 Å². The van der Waals surface area contributed by atoms with E-state index in [1.807, 2.05) is 13.0 Å². The minimum atomic E-state index is -1.44. The van der Waals surface area contributed by atoms with E-state index in [0.717, 1.165) is 32.1 Å². The predicted octanol–water partition coefficient (Wildman–Crippen LogP) is 3.52. The van der Waals surface area contributed by atoms with Gasteiger partial charge in [-0.05, 0) is 38.2 Å². The summed E-state index contributed by atoms with van der Waals surface area (Å²) in [6.45, 7) is 2.00. The van der Waals surface area contributed by atoms with Crippen LogP contribution in [0.4, 0.5) is 0 Å². The molecule has 2 N–H and O–H groups in total. The lowest BCUT2D eigenvalue weighted by Crippen LogP contribution is -2.53. The van der Waals surface area contributed by atoms with Crippen LogP contribution in [-0.2, 0) is 14.3 Å². The van der Waals surface area contributed by atoms with Gasteiger partial charge in [0.2, 0.25) is 11.8 Å². The lowest BCUT2D eigenvalue weighted by atomic mass is 9.64. The molecule has 0 bridgehead atoms. The molecule has 2 saturated carbocycles. The van der Waals surface area contributed by atoms with E-state index in [0.29, 0.717) is 24.8 Å². The number of likely N-dealkylation sites (tertiary alicyclic amines) is 1. The SMILES string of the molecule is CC[C@H]1C[C@@H]2C(=O)N(C3CCCCC3)C(=O)[C@@H]2[C@@H]2C[C@@H](c3ccccc3O)O[C@]12O. The number of carbonyl (C=O) groups excluding carboxylic acids is 2. The molecule has 2 aliphatic heterocycles. The third kappa shape index (κ3) is 2.83. The fourth-order valence-electron chi connectivity index (χ4n) is 6.62. The molecule has 0 radical (unpaired) electrons. The van der Waals surface area contributed by atoms with Crippen LogP contribution in [-0.4, -0.2) is 38.8 Å².